The van der Waals surface area contributed by atoms with Gasteiger partial charge >= 0.3 is 0 Å². The number of nitrogens with zero attached hydrogens (tertiary/aromatic N) is 2. The molecular formula is C26H31N3O4S. The Morgan fingerprint density at radius 2 is 2.00 bits per heavy atom. The Bertz CT molecular complexity index is 1210. The molecule has 8 heteroatoms. The average molecular weight is 482 g/mol. The van der Waals surface area contributed by atoms with Crippen molar-refractivity contribution in [1.29, 1.82) is 0 Å². The van der Waals surface area contributed by atoms with E-state index in [0.29, 0.717) is 29.9 Å². The zero-order valence-corrected chi connectivity index (χ0v) is 20.8. The molecular weight excluding hydrogens is 450 g/mol. The van der Waals surface area contributed by atoms with Crippen LogP contribution in [0.2, 0.25) is 0 Å². The maximum absolute atomic E-state index is 12.9. The molecule has 3 aromatic rings. The second kappa shape index (κ2) is 9.72. The largest absolute Gasteiger partial charge is 0.493 e. The first-order valence-electron chi connectivity index (χ1n) is 11.5. The van der Waals surface area contributed by atoms with E-state index in [-0.39, 0.29) is 5.92 Å². The summed E-state index contributed by atoms with van der Waals surface area (Å²) in [6.45, 7) is 8.64. The van der Waals surface area contributed by atoms with Gasteiger partial charge in [0.2, 0.25) is 0 Å². The highest BCUT2D eigenvalue weighted by Gasteiger charge is 2.31. The van der Waals surface area contributed by atoms with Crippen LogP contribution >= 0.6 is 0 Å². The van der Waals surface area contributed by atoms with E-state index in [0.717, 1.165) is 23.4 Å². The van der Waals surface area contributed by atoms with Crippen molar-refractivity contribution in [1.82, 2.24) is 14.5 Å². The van der Waals surface area contributed by atoms with Crippen LogP contribution in [0.1, 0.15) is 55.4 Å². The summed E-state index contributed by atoms with van der Waals surface area (Å²) >= 11 is 0. The average Bonchev–Trinajstić information content (AvgIpc) is 3.27. The van der Waals surface area contributed by atoms with Crippen LogP contribution in [0.15, 0.2) is 54.7 Å². The molecule has 1 aliphatic rings. The summed E-state index contributed by atoms with van der Waals surface area (Å²) in [6.07, 6.45) is 1.79. The quantitative estimate of drug-likeness (QED) is 0.554. The predicted octanol–water partition coefficient (Wildman–Crippen LogP) is 4.05. The molecule has 0 aliphatic carbocycles. The lowest BCUT2D eigenvalue weighted by atomic mass is 9.88. The van der Waals surface area contributed by atoms with E-state index in [4.69, 9.17) is 4.74 Å². The van der Waals surface area contributed by atoms with Gasteiger partial charge in [-0.2, -0.15) is 5.10 Å². The SMILES string of the molecule is CCn1nccc1C[C@@H]1COc2cc(-c3ccccc3C(=O)NS(=O)C(C)(C)C)ccc2[C@H]1O. The van der Waals surface area contributed by atoms with Crippen molar-refractivity contribution >= 4 is 16.9 Å². The Balaban J connectivity index is 1.58. The Kier molecular flexibility index (Phi) is 6.91. The number of rotatable bonds is 6. The molecule has 2 N–H and O–H groups in total. The second-order valence-electron chi connectivity index (χ2n) is 9.47. The molecule has 0 radical (unpaired) electrons. The number of hydrogen-bond donors (Lipinski definition) is 2. The van der Waals surface area contributed by atoms with Crippen LogP contribution < -0.4 is 9.46 Å². The molecule has 2 aromatic carbocycles. The molecule has 1 amide bonds. The van der Waals surface area contributed by atoms with E-state index < -0.39 is 27.7 Å². The Morgan fingerprint density at radius 3 is 2.74 bits per heavy atom. The van der Waals surface area contributed by atoms with Crippen molar-refractivity contribution in [3.05, 3.63) is 71.5 Å². The number of ether oxygens (including phenoxy) is 1. The van der Waals surface area contributed by atoms with Crippen molar-refractivity contribution in [3.8, 4) is 16.9 Å². The fourth-order valence-corrected chi connectivity index (χ4v) is 4.68. The van der Waals surface area contributed by atoms with Gasteiger partial charge < -0.3 is 9.84 Å². The minimum Gasteiger partial charge on any atom is -0.493 e. The topological polar surface area (TPSA) is 93.5 Å². The van der Waals surface area contributed by atoms with Crippen LogP contribution in [0, 0.1) is 5.92 Å². The molecule has 3 atom stereocenters. The first-order valence-corrected chi connectivity index (χ1v) is 12.6. The lowest BCUT2D eigenvalue weighted by Gasteiger charge is -2.31. The van der Waals surface area contributed by atoms with Crippen LogP contribution in [-0.2, 0) is 24.0 Å². The number of hydrogen-bond acceptors (Lipinski definition) is 5. The van der Waals surface area contributed by atoms with E-state index in [1.807, 2.05) is 68.8 Å². The summed E-state index contributed by atoms with van der Waals surface area (Å²) in [5.74, 6) is 0.139. The number of carbonyl (C=O) groups excluding carboxylic acids is 1. The van der Waals surface area contributed by atoms with E-state index in [9.17, 15) is 14.1 Å². The summed E-state index contributed by atoms with van der Waals surface area (Å²) in [5, 5.41) is 15.4. The predicted molar refractivity (Wildman–Crippen MR) is 133 cm³/mol. The zero-order chi connectivity index (χ0) is 24.5. The summed E-state index contributed by atoms with van der Waals surface area (Å²) in [5.41, 5.74) is 3.74. The molecule has 4 rings (SSSR count). The molecule has 1 unspecified atom stereocenters. The number of carbonyl (C=O) groups is 1. The lowest BCUT2D eigenvalue weighted by Crippen LogP contribution is -2.37. The van der Waals surface area contributed by atoms with Crippen molar-refractivity contribution in [2.45, 2.75) is 51.5 Å². The number of aliphatic hydroxyl groups excluding tert-OH is 1. The van der Waals surface area contributed by atoms with Crippen LogP contribution in [0.4, 0.5) is 0 Å². The van der Waals surface area contributed by atoms with Gasteiger partial charge in [0.05, 0.1) is 17.5 Å². The highest BCUT2D eigenvalue weighted by Crippen LogP contribution is 2.39. The fraction of sp³-hybridized carbons (Fsp3) is 0.385. The minimum atomic E-state index is -1.52. The second-order valence-corrected chi connectivity index (χ2v) is 11.4. The van der Waals surface area contributed by atoms with Gasteiger partial charge in [-0.15, -0.1) is 0 Å². The first kappa shape index (κ1) is 24.2. The molecule has 2 heterocycles. The van der Waals surface area contributed by atoms with Crippen LogP contribution in [0.3, 0.4) is 0 Å². The normalized spacial score (nSPS) is 18.6. The molecule has 180 valence electrons. The smallest absolute Gasteiger partial charge is 0.263 e. The van der Waals surface area contributed by atoms with Gasteiger partial charge in [-0.05, 0) is 63.4 Å². The third kappa shape index (κ3) is 4.93. The number of nitrogens with one attached hydrogen (secondary N) is 1. The van der Waals surface area contributed by atoms with E-state index in [1.165, 1.54) is 0 Å². The summed E-state index contributed by atoms with van der Waals surface area (Å²) in [6, 6.07) is 14.8. The molecule has 0 fully saturated rings. The first-order chi connectivity index (χ1) is 16.2. The van der Waals surface area contributed by atoms with E-state index >= 15 is 0 Å². The van der Waals surface area contributed by atoms with Crippen molar-refractivity contribution in [2.75, 3.05) is 6.61 Å². The van der Waals surface area contributed by atoms with Gasteiger partial charge in [-0.1, -0.05) is 30.3 Å². The maximum atomic E-state index is 12.9. The number of benzene rings is 2. The molecule has 0 bridgehead atoms. The van der Waals surface area contributed by atoms with Gasteiger partial charge in [-0.25, -0.2) is 4.21 Å². The van der Waals surface area contributed by atoms with Crippen molar-refractivity contribution in [2.24, 2.45) is 5.92 Å². The van der Waals surface area contributed by atoms with Gasteiger partial charge in [-0.3, -0.25) is 14.2 Å². The van der Waals surface area contributed by atoms with Gasteiger partial charge in [0, 0.05) is 35.5 Å². The molecule has 0 saturated carbocycles. The minimum absolute atomic E-state index is 0.0780. The van der Waals surface area contributed by atoms with Gasteiger partial charge in [0.1, 0.15) is 16.7 Å². The summed E-state index contributed by atoms with van der Waals surface area (Å²) in [7, 11) is -1.52. The van der Waals surface area contributed by atoms with Gasteiger partial charge in [0.25, 0.3) is 5.91 Å². The van der Waals surface area contributed by atoms with Crippen molar-refractivity contribution in [3.63, 3.8) is 0 Å². The number of amides is 1. The number of aliphatic hydroxyl groups is 1. The maximum Gasteiger partial charge on any atom is 0.263 e. The van der Waals surface area contributed by atoms with Gasteiger partial charge in [0.15, 0.2) is 0 Å². The van der Waals surface area contributed by atoms with E-state index in [1.54, 1.807) is 18.3 Å². The lowest BCUT2D eigenvalue weighted by molar-refractivity contribution is 0.0498. The highest BCUT2D eigenvalue weighted by atomic mass is 32.2. The summed E-state index contributed by atoms with van der Waals surface area (Å²) in [4.78, 5) is 12.9. The standard InChI is InChI=1S/C26H31N3O4S/c1-5-29-19(12-13-27-29)14-18-16-33-23-15-17(10-11-22(23)24(18)30)20-8-6-7-9-21(20)25(31)28-34(32)26(2,3)4/h6-13,15,18,24,30H,5,14,16H2,1-4H3,(H,28,31)/t18-,24+,34?/m1/s1. The highest BCUT2D eigenvalue weighted by molar-refractivity contribution is 7.85. The van der Waals surface area contributed by atoms with Crippen LogP contribution in [0.25, 0.3) is 11.1 Å². The Labute approximate surface area is 202 Å². The van der Waals surface area contributed by atoms with Crippen molar-refractivity contribution < 1.29 is 18.8 Å². The molecule has 34 heavy (non-hydrogen) atoms. The Hall–Kier alpha value is -2.97. The van der Waals surface area contributed by atoms with Crippen LogP contribution in [-0.4, -0.2) is 36.4 Å². The summed E-state index contributed by atoms with van der Waals surface area (Å²) < 4.78 is 22.5. The number of aromatic nitrogens is 2. The van der Waals surface area contributed by atoms with Crippen LogP contribution in [0.5, 0.6) is 5.75 Å². The fourth-order valence-electron chi connectivity index (χ4n) is 4.10. The number of aryl methyl sites for hydroxylation is 1. The molecule has 1 aliphatic heterocycles. The third-order valence-electron chi connectivity index (χ3n) is 6.03. The third-order valence-corrected chi connectivity index (χ3v) is 7.51. The molecule has 0 spiro atoms. The Morgan fingerprint density at radius 1 is 1.24 bits per heavy atom. The molecule has 1 aromatic heterocycles. The van der Waals surface area contributed by atoms with E-state index in [2.05, 4.69) is 9.82 Å². The zero-order valence-electron chi connectivity index (χ0n) is 19.9. The molecule has 7 nitrogen and oxygen atoms in total. The number of fused-ring (bicyclic) bond motifs is 1. The monoisotopic (exact) mass is 481 g/mol. The molecule has 0 saturated heterocycles.